The molecule has 4 N–H and O–H groups in total. The summed E-state index contributed by atoms with van der Waals surface area (Å²) in [5.74, 6) is -1.76. The Balaban J connectivity index is 1.86. The number of carbonyl (C=O) groups excluding carboxylic acids is 3. The van der Waals surface area contributed by atoms with E-state index in [0.29, 0.717) is 25.1 Å². The average Bonchev–Trinajstić information content (AvgIpc) is 3.05. The van der Waals surface area contributed by atoms with E-state index in [9.17, 15) is 19.6 Å². The number of hydrogen-bond acceptors (Lipinski definition) is 6. The predicted molar refractivity (Wildman–Crippen MR) is 124 cm³/mol. The molecule has 1 saturated carbocycles. The summed E-state index contributed by atoms with van der Waals surface area (Å²) < 4.78 is 0. The number of Topliss-reactive ketones (excluding diaryl/α,β-unsaturated/α-hetero) is 2. The van der Waals surface area contributed by atoms with Crippen LogP contribution in [0.2, 0.25) is 0 Å². The van der Waals surface area contributed by atoms with Gasteiger partial charge in [0.25, 0.3) is 0 Å². The van der Waals surface area contributed by atoms with Crippen molar-refractivity contribution in [3.63, 3.8) is 0 Å². The first-order valence-electron chi connectivity index (χ1n) is 11.3. The van der Waals surface area contributed by atoms with Crippen LogP contribution in [0.15, 0.2) is 48.5 Å². The van der Waals surface area contributed by atoms with E-state index in [1.54, 1.807) is 12.1 Å². The Morgan fingerprint density at radius 3 is 2.61 bits per heavy atom. The molecule has 4 rings (SSSR count). The van der Waals surface area contributed by atoms with Crippen molar-refractivity contribution >= 4 is 23.3 Å². The lowest BCUT2D eigenvalue weighted by Crippen LogP contribution is -2.70. The maximum absolute atomic E-state index is 14.2. The minimum Gasteiger partial charge on any atom is -0.341 e. The van der Waals surface area contributed by atoms with Crippen LogP contribution < -0.4 is 16.1 Å². The van der Waals surface area contributed by atoms with E-state index in [1.165, 1.54) is 11.9 Å². The fraction of sp³-hybridized carbons (Fsp3) is 0.400. The predicted octanol–water partition coefficient (Wildman–Crippen LogP) is 2.13. The number of ketones is 2. The Kier molecular flexibility index (Phi) is 6.49. The molecule has 1 saturated heterocycles. The molecule has 1 aliphatic heterocycles. The van der Waals surface area contributed by atoms with Gasteiger partial charge in [-0.2, -0.15) is 0 Å². The molecule has 2 amide bonds. The van der Waals surface area contributed by atoms with Crippen LogP contribution in [0.5, 0.6) is 0 Å². The highest BCUT2D eigenvalue weighted by Gasteiger charge is 2.64. The molecule has 1 heterocycles. The number of nitrogens with zero attached hydrogens (tertiary/aromatic N) is 1. The van der Waals surface area contributed by atoms with Gasteiger partial charge in [-0.3, -0.25) is 20.3 Å². The standard InChI is InChI=1S/C25H30N4O4/c1-3-17-14-18(28-33)9-10-19(17)21-20(13-16-7-5-4-6-8-16)22(30)25(23(21)31)15-27-11-12-29(25)24(32)26-2/h4-10,14,20-21,27-28,33H,3,11-13,15H2,1-2H3,(H,26,32)/t20-,21-,25-/m0/s1. The molecule has 0 radical (unpaired) electrons. The van der Waals surface area contributed by atoms with Crippen LogP contribution in [-0.4, -0.2) is 59.9 Å². The Morgan fingerprint density at radius 1 is 1.18 bits per heavy atom. The molecule has 8 heteroatoms. The normalized spacial score (nSPS) is 24.9. The quantitative estimate of drug-likeness (QED) is 0.410. The largest absolute Gasteiger partial charge is 0.341 e. The maximum Gasteiger partial charge on any atom is 0.318 e. The van der Waals surface area contributed by atoms with Crippen LogP contribution in [0.25, 0.3) is 0 Å². The summed E-state index contributed by atoms with van der Waals surface area (Å²) >= 11 is 0. The van der Waals surface area contributed by atoms with Gasteiger partial charge in [0.15, 0.2) is 17.1 Å². The number of hydrogen-bond donors (Lipinski definition) is 4. The molecular weight excluding hydrogens is 420 g/mol. The highest BCUT2D eigenvalue weighted by Crippen LogP contribution is 2.46. The number of nitrogens with one attached hydrogen (secondary N) is 3. The summed E-state index contributed by atoms with van der Waals surface area (Å²) in [4.78, 5) is 42.5. The Morgan fingerprint density at radius 2 is 1.94 bits per heavy atom. The molecule has 0 aromatic heterocycles. The van der Waals surface area contributed by atoms with E-state index < -0.39 is 23.4 Å². The summed E-state index contributed by atoms with van der Waals surface area (Å²) in [5.41, 5.74) is 3.75. The molecule has 3 atom stereocenters. The molecule has 174 valence electrons. The summed E-state index contributed by atoms with van der Waals surface area (Å²) in [6, 6.07) is 14.5. The molecule has 33 heavy (non-hydrogen) atoms. The second-order valence-electron chi connectivity index (χ2n) is 8.63. The lowest BCUT2D eigenvalue weighted by Gasteiger charge is -2.42. The van der Waals surface area contributed by atoms with Gasteiger partial charge in [-0.05, 0) is 41.7 Å². The van der Waals surface area contributed by atoms with Crippen LogP contribution >= 0.6 is 0 Å². The van der Waals surface area contributed by atoms with Gasteiger partial charge in [-0.25, -0.2) is 4.79 Å². The number of carbonyl (C=O) groups is 3. The first-order chi connectivity index (χ1) is 16.0. The fourth-order valence-electron chi connectivity index (χ4n) is 5.34. The van der Waals surface area contributed by atoms with Gasteiger partial charge >= 0.3 is 6.03 Å². The van der Waals surface area contributed by atoms with E-state index in [4.69, 9.17) is 0 Å². The van der Waals surface area contributed by atoms with Crippen LogP contribution in [0.4, 0.5) is 10.5 Å². The van der Waals surface area contributed by atoms with Crippen molar-refractivity contribution in [1.82, 2.24) is 15.5 Å². The molecule has 0 bridgehead atoms. The molecule has 8 nitrogen and oxygen atoms in total. The SMILES string of the molecule is CCc1cc(NO)ccc1[C@@H]1C(=O)[C@]2(CNCCN2C(=O)NC)C(=O)[C@H]1Cc1ccccc1. The Hall–Kier alpha value is -3.23. The second kappa shape index (κ2) is 9.33. The van der Waals surface area contributed by atoms with Crippen molar-refractivity contribution in [2.75, 3.05) is 32.2 Å². The minimum atomic E-state index is -1.54. The Labute approximate surface area is 193 Å². The van der Waals surface area contributed by atoms with Crippen LogP contribution in [-0.2, 0) is 22.4 Å². The number of urea groups is 1. The number of aryl methyl sites for hydroxylation is 1. The van der Waals surface area contributed by atoms with Crippen molar-refractivity contribution in [1.29, 1.82) is 0 Å². The van der Waals surface area contributed by atoms with Gasteiger partial charge in [-0.15, -0.1) is 0 Å². The van der Waals surface area contributed by atoms with E-state index in [0.717, 1.165) is 16.7 Å². The molecule has 2 fully saturated rings. The molecule has 2 aromatic rings. The zero-order valence-electron chi connectivity index (χ0n) is 18.9. The first kappa shape index (κ1) is 22.9. The third kappa shape index (κ3) is 3.79. The molecule has 1 aliphatic carbocycles. The van der Waals surface area contributed by atoms with Gasteiger partial charge in [0, 0.05) is 32.6 Å². The van der Waals surface area contributed by atoms with Crippen molar-refractivity contribution in [3.8, 4) is 0 Å². The van der Waals surface area contributed by atoms with Crippen molar-refractivity contribution < 1.29 is 19.6 Å². The third-order valence-corrected chi connectivity index (χ3v) is 6.94. The summed E-state index contributed by atoms with van der Waals surface area (Å²) in [6.45, 7) is 2.87. The van der Waals surface area contributed by atoms with Gasteiger partial charge in [0.1, 0.15) is 0 Å². The smallest absolute Gasteiger partial charge is 0.318 e. The van der Waals surface area contributed by atoms with E-state index in [2.05, 4.69) is 16.1 Å². The zero-order valence-corrected chi connectivity index (χ0v) is 18.9. The monoisotopic (exact) mass is 450 g/mol. The highest BCUT2D eigenvalue weighted by molar-refractivity contribution is 6.23. The van der Waals surface area contributed by atoms with Crippen LogP contribution in [0.1, 0.15) is 29.5 Å². The molecule has 0 unspecified atom stereocenters. The lowest BCUT2D eigenvalue weighted by atomic mass is 9.81. The number of anilines is 1. The Bertz CT molecular complexity index is 1060. The van der Waals surface area contributed by atoms with E-state index >= 15 is 0 Å². The highest BCUT2D eigenvalue weighted by atomic mass is 16.5. The summed E-state index contributed by atoms with van der Waals surface area (Å²) in [7, 11) is 1.51. The third-order valence-electron chi connectivity index (χ3n) is 6.94. The maximum atomic E-state index is 14.2. The average molecular weight is 451 g/mol. The fourth-order valence-corrected chi connectivity index (χ4v) is 5.34. The number of rotatable bonds is 5. The molecule has 2 aliphatic rings. The second-order valence-corrected chi connectivity index (χ2v) is 8.63. The van der Waals surface area contributed by atoms with Crippen molar-refractivity contribution in [2.24, 2.45) is 5.92 Å². The van der Waals surface area contributed by atoms with Gasteiger partial charge in [0.2, 0.25) is 0 Å². The molecule has 1 spiro atoms. The van der Waals surface area contributed by atoms with Crippen molar-refractivity contribution in [3.05, 3.63) is 65.2 Å². The first-order valence-corrected chi connectivity index (χ1v) is 11.3. The van der Waals surface area contributed by atoms with Crippen molar-refractivity contribution in [2.45, 2.75) is 31.2 Å². The van der Waals surface area contributed by atoms with Gasteiger partial charge in [0.05, 0.1) is 11.6 Å². The topological polar surface area (TPSA) is 111 Å². The zero-order chi connectivity index (χ0) is 23.6. The lowest BCUT2D eigenvalue weighted by molar-refractivity contribution is -0.138. The number of piperazine rings is 1. The van der Waals surface area contributed by atoms with E-state index in [-0.39, 0.29) is 24.7 Å². The van der Waals surface area contributed by atoms with Crippen LogP contribution in [0.3, 0.4) is 0 Å². The summed E-state index contributed by atoms with van der Waals surface area (Å²) in [6.07, 6.45) is 1.04. The molecular formula is C25H30N4O4. The number of benzene rings is 2. The van der Waals surface area contributed by atoms with E-state index in [1.807, 2.05) is 43.3 Å². The summed E-state index contributed by atoms with van der Waals surface area (Å²) in [5, 5.41) is 15.1. The van der Waals surface area contributed by atoms with Gasteiger partial charge < -0.3 is 15.5 Å². The number of amides is 2. The minimum absolute atomic E-state index is 0.109. The van der Waals surface area contributed by atoms with Crippen LogP contribution in [0, 0.1) is 5.92 Å². The van der Waals surface area contributed by atoms with Gasteiger partial charge in [-0.1, -0.05) is 43.3 Å². The molecule has 2 aromatic carbocycles.